The second-order valence-electron chi connectivity index (χ2n) is 7.50. The van der Waals surface area contributed by atoms with Gasteiger partial charge in [0.1, 0.15) is 5.82 Å². The monoisotopic (exact) mass is 346 g/mol. The van der Waals surface area contributed by atoms with Crippen molar-refractivity contribution in [2.24, 2.45) is 0 Å². The van der Waals surface area contributed by atoms with Gasteiger partial charge in [-0.1, -0.05) is 19.8 Å². The van der Waals surface area contributed by atoms with Crippen molar-refractivity contribution in [2.45, 2.75) is 70.6 Å². The second-order valence-corrected chi connectivity index (χ2v) is 7.50. The summed E-state index contributed by atoms with van der Waals surface area (Å²) in [5, 5.41) is 3.18. The first kappa shape index (κ1) is 18.3. The smallest absolute Gasteiger partial charge is 0.253 e. The molecule has 1 saturated carbocycles. The summed E-state index contributed by atoms with van der Waals surface area (Å²) in [6, 6.07) is 0.322. The zero-order chi connectivity index (χ0) is 17.7. The molecule has 1 N–H and O–H groups in total. The van der Waals surface area contributed by atoms with E-state index in [-0.39, 0.29) is 5.91 Å². The molecular formula is C19H30N4O2. The predicted octanol–water partition coefficient (Wildman–Crippen LogP) is 2.08. The number of aromatic nitrogens is 2. The van der Waals surface area contributed by atoms with E-state index in [2.05, 4.69) is 27.1 Å². The van der Waals surface area contributed by atoms with E-state index >= 15 is 0 Å². The number of amides is 1. The quantitative estimate of drug-likeness (QED) is 0.854. The molecule has 1 aliphatic heterocycles. The Kier molecular flexibility index (Phi) is 6.02. The Balaban J connectivity index is 1.56. The molecular weight excluding hydrogens is 316 g/mol. The van der Waals surface area contributed by atoms with E-state index in [1.165, 1.54) is 12.8 Å². The van der Waals surface area contributed by atoms with Gasteiger partial charge in [0, 0.05) is 50.1 Å². The van der Waals surface area contributed by atoms with Crippen LogP contribution in [0.5, 0.6) is 0 Å². The van der Waals surface area contributed by atoms with E-state index in [4.69, 9.17) is 4.74 Å². The van der Waals surface area contributed by atoms with Crippen molar-refractivity contribution in [2.75, 3.05) is 19.7 Å². The fourth-order valence-corrected chi connectivity index (χ4v) is 3.71. The van der Waals surface area contributed by atoms with Gasteiger partial charge in [0.25, 0.3) is 5.91 Å². The summed E-state index contributed by atoms with van der Waals surface area (Å²) in [5.41, 5.74) is 0.310. The Bertz CT molecular complexity index is 571. The van der Waals surface area contributed by atoms with Gasteiger partial charge in [-0.3, -0.25) is 9.69 Å². The van der Waals surface area contributed by atoms with E-state index in [0.29, 0.717) is 19.2 Å². The van der Waals surface area contributed by atoms with Gasteiger partial charge in [-0.05, 0) is 26.2 Å². The number of carbonyl (C=O) groups is 1. The summed E-state index contributed by atoms with van der Waals surface area (Å²) >= 11 is 0. The van der Waals surface area contributed by atoms with Crippen molar-refractivity contribution in [1.29, 1.82) is 0 Å². The lowest BCUT2D eigenvalue weighted by Crippen LogP contribution is -2.59. The maximum atomic E-state index is 12.7. The van der Waals surface area contributed by atoms with Crippen LogP contribution >= 0.6 is 0 Å². The highest BCUT2D eigenvalue weighted by Crippen LogP contribution is 2.23. The van der Waals surface area contributed by atoms with Crippen LogP contribution in [-0.2, 0) is 22.5 Å². The minimum atomic E-state index is -0.774. The predicted molar refractivity (Wildman–Crippen MR) is 96.1 cm³/mol. The molecule has 0 bridgehead atoms. The Labute approximate surface area is 150 Å². The molecule has 2 heterocycles. The molecule has 0 radical (unpaired) electrons. The summed E-state index contributed by atoms with van der Waals surface area (Å²) in [6.07, 6.45) is 10.4. The van der Waals surface area contributed by atoms with Crippen LogP contribution in [0.1, 0.15) is 57.3 Å². The van der Waals surface area contributed by atoms with Gasteiger partial charge in [0.05, 0.1) is 6.61 Å². The van der Waals surface area contributed by atoms with Gasteiger partial charge in [-0.15, -0.1) is 0 Å². The third-order valence-electron chi connectivity index (χ3n) is 5.16. The first-order chi connectivity index (χ1) is 12.1. The molecule has 2 fully saturated rings. The standard InChI is InChI=1S/C19H30N4O2/c1-3-6-17-20-11-15(12-21-17)13-23-9-10-25-19(2,14-23)18(24)22-16-7-4-5-8-16/h11-12,16H,3-10,13-14H2,1-2H3,(H,22,24). The summed E-state index contributed by atoms with van der Waals surface area (Å²) in [6.45, 7) is 6.78. The van der Waals surface area contributed by atoms with Crippen LogP contribution in [0.15, 0.2) is 12.4 Å². The van der Waals surface area contributed by atoms with Crippen LogP contribution in [0.2, 0.25) is 0 Å². The van der Waals surface area contributed by atoms with Crippen molar-refractivity contribution >= 4 is 5.91 Å². The Morgan fingerprint density at radius 3 is 2.76 bits per heavy atom. The lowest BCUT2D eigenvalue weighted by atomic mass is 10.0. The zero-order valence-corrected chi connectivity index (χ0v) is 15.5. The molecule has 1 aromatic rings. The highest BCUT2D eigenvalue weighted by Gasteiger charge is 2.40. The average Bonchev–Trinajstić information content (AvgIpc) is 3.10. The summed E-state index contributed by atoms with van der Waals surface area (Å²) in [5.74, 6) is 0.924. The van der Waals surface area contributed by atoms with E-state index in [1.807, 2.05) is 19.3 Å². The molecule has 6 nitrogen and oxygen atoms in total. The first-order valence-corrected chi connectivity index (χ1v) is 9.56. The molecule has 1 saturated heterocycles. The van der Waals surface area contributed by atoms with Crippen molar-refractivity contribution in [3.05, 3.63) is 23.8 Å². The first-order valence-electron chi connectivity index (χ1n) is 9.56. The number of hydrogen-bond donors (Lipinski definition) is 1. The van der Waals surface area contributed by atoms with Crippen LogP contribution in [0, 0.1) is 0 Å². The van der Waals surface area contributed by atoms with Gasteiger partial charge < -0.3 is 10.1 Å². The van der Waals surface area contributed by atoms with Crippen molar-refractivity contribution < 1.29 is 9.53 Å². The van der Waals surface area contributed by atoms with Gasteiger partial charge in [0.15, 0.2) is 5.60 Å². The minimum Gasteiger partial charge on any atom is -0.363 e. The van der Waals surface area contributed by atoms with Gasteiger partial charge in [-0.2, -0.15) is 0 Å². The Morgan fingerprint density at radius 1 is 1.36 bits per heavy atom. The number of carbonyl (C=O) groups excluding carboxylic acids is 1. The molecule has 1 aliphatic carbocycles. The molecule has 1 unspecified atom stereocenters. The molecule has 6 heteroatoms. The van der Waals surface area contributed by atoms with E-state index in [1.54, 1.807) is 0 Å². The lowest BCUT2D eigenvalue weighted by Gasteiger charge is -2.39. The highest BCUT2D eigenvalue weighted by molar-refractivity contribution is 5.85. The van der Waals surface area contributed by atoms with Crippen LogP contribution in [0.25, 0.3) is 0 Å². The molecule has 2 aliphatic rings. The van der Waals surface area contributed by atoms with E-state index in [0.717, 1.165) is 50.2 Å². The molecule has 138 valence electrons. The number of hydrogen-bond acceptors (Lipinski definition) is 5. The largest absolute Gasteiger partial charge is 0.363 e. The van der Waals surface area contributed by atoms with Crippen molar-refractivity contribution in [3.8, 4) is 0 Å². The number of rotatable bonds is 6. The van der Waals surface area contributed by atoms with Crippen molar-refractivity contribution in [1.82, 2.24) is 20.2 Å². The van der Waals surface area contributed by atoms with E-state index < -0.39 is 5.60 Å². The topological polar surface area (TPSA) is 67.4 Å². The Morgan fingerprint density at radius 2 is 2.08 bits per heavy atom. The molecule has 1 atom stereocenters. The molecule has 1 amide bonds. The summed E-state index contributed by atoms with van der Waals surface area (Å²) in [7, 11) is 0. The van der Waals surface area contributed by atoms with E-state index in [9.17, 15) is 4.79 Å². The third-order valence-corrected chi connectivity index (χ3v) is 5.16. The molecule has 0 spiro atoms. The number of nitrogens with zero attached hydrogens (tertiary/aromatic N) is 3. The fourth-order valence-electron chi connectivity index (χ4n) is 3.71. The maximum absolute atomic E-state index is 12.7. The highest BCUT2D eigenvalue weighted by atomic mass is 16.5. The van der Waals surface area contributed by atoms with Crippen LogP contribution < -0.4 is 5.32 Å². The minimum absolute atomic E-state index is 0.0265. The zero-order valence-electron chi connectivity index (χ0n) is 15.5. The van der Waals surface area contributed by atoms with Crippen molar-refractivity contribution in [3.63, 3.8) is 0 Å². The Hall–Kier alpha value is -1.53. The molecule has 25 heavy (non-hydrogen) atoms. The summed E-state index contributed by atoms with van der Waals surface area (Å²) in [4.78, 5) is 23.8. The maximum Gasteiger partial charge on any atom is 0.253 e. The SMILES string of the molecule is CCCc1ncc(CN2CCOC(C)(C(=O)NC3CCCC3)C2)cn1. The molecule has 0 aromatic carbocycles. The molecule has 3 rings (SSSR count). The number of ether oxygens (including phenoxy) is 1. The third kappa shape index (κ3) is 4.76. The van der Waals surface area contributed by atoms with Gasteiger partial charge >= 0.3 is 0 Å². The number of aryl methyl sites for hydroxylation is 1. The second kappa shape index (κ2) is 8.23. The van der Waals surface area contributed by atoms with Crippen LogP contribution in [0.4, 0.5) is 0 Å². The fraction of sp³-hybridized carbons (Fsp3) is 0.737. The van der Waals surface area contributed by atoms with Gasteiger partial charge in [-0.25, -0.2) is 9.97 Å². The lowest BCUT2D eigenvalue weighted by molar-refractivity contribution is -0.157. The molecule has 1 aromatic heterocycles. The summed E-state index contributed by atoms with van der Waals surface area (Å²) < 4.78 is 5.87. The van der Waals surface area contributed by atoms with Crippen LogP contribution in [0.3, 0.4) is 0 Å². The number of nitrogens with one attached hydrogen (secondary N) is 1. The average molecular weight is 346 g/mol. The number of morpholine rings is 1. The normalized spacial score (nSPS) is 25.2. The van der Waals surface area contributed by atoms with Crippen LogP contribution in [-0.4, -0.2) is 52.1 Å². The van der Waals surface area contributed by atoms with Gasteiger partial charge in [0.2, 0.25) is 0 Å².